The maximum absolute atomic E-state index is 12.4. The number of hydrogen-bond donors (Lipinski definition) is 3. The Balaban J connectivity index is 1.40. The molecule has 0 bridgehead atoms. The van der Waals surface area contributed by atoms with Gasteiger partial charge in [-0.25, -0.2) is 19.7 Å². The number of nitrogens with one attached hydrogen (secondary N) is 3. The molecule has 2 aromatic carbocycles. The average molecular weight is 429 g/mol. The third-order valence-electron chi connectivity index (χ3n) is 4.69. The number of ether oxygens (including phenoxy) is 1. The highest BCUT2D eigenvalue weighted by Gasteiger charge is 2.07. The lowest BCUT2D eigenvalue weighted by Crippen LogP contribution is -2.19. The van der Waals surface area contributed by atoms with Gasteiger partial charge in [-0.1, -0.05) is 0 Å². The van der Waals surface area contributed by atoms with Gasteiger partial charge in [0.1, 0.15) is 29.5 Å². The second kappa shape index (κ2) is 9.17. The van der Waals surface area contributed by atoms with Crippen LogP contribution >= 0.6 is 0 Å². The van der Waals surface area contributed by atoms with Crippen molar-refractivity contribution in [2.75, 3.05) is 23.1 Å². The normalized spacial score (nSPS) is 10.5. The lowest BCUT2D eigenvalue weighted by Gasteiger charge is -2.12. The van der Waals surface area contributed by atoms with E-state index in [1.165, 1.54) is 0 Å². The number of hydrogen-bond acceptors (Lipinski definition) is 6. The van der Waals surface area contributed by atoms with Crippen LogP contribution in [0.1, 0.15) is 11.4 Å². The van der Waals surface area contributed by atoms with Crippen LogP contribution in [0.3, 0.4) is 0 Å². The molecule has 32 heavy (non-hydrogen) atoms. The third kappa shape index (κ3) is 5.01. The van der Waals surface area contributed by atoms with Crippen LogP contribution in [0, 0.1) is 13.8 Å². The minimum Gasteiger partial charge on any atom is -0.497 e. The molecular weight excluding hydrogens is 406 g/mol. The standard InChI is InChI=1S/C23H23N7O2/c1-15-12-19(32-3)8-9-20(15)29-23(31)28-18-6-4-17(5-7-18)27-21-13-22(26-16(2)25-21)30-11-10-24-14-30/h4-14H,1-3H3,(H,25,26,27)(H2,28,29,31). The average Bonchev–Trinajstić information content (AvgIpc) is 3.31. The van der Waals surface area contributed by atoms with Crippen LogP contribution in [0.5, 0.6) is 5.75 Å². The molecule has 4 aromatic rings. The number of urea groups is 1. The molecule has 0 fully saturated rings. The van der Waals surface area contributed by atoms with E-state index in [0.29, 0.717) is 17.3 Å². The van der Waals surface area contributed by atoms with Crippen LogP contribution in [-0.2, 0) is 0 Å². The van der Waals surface area contributed by atoms with E-state index in [1.807, 2.05) is 67.1 Å². The van der Waals surface area contributed by atoms with Crippen LogP contribution in [0.4, 0.5) is 27.7 Å². The summed E-state index contributed by atoms with van der Waals surface area (Å²) in [5.74, 6) is 2.77. The summed E-state index contributed by atoms with van der Waals surface area (Å²) in [5.41, 5.74) is 3.12. The number of benzene rings is 2. The Kier molecular flexibility index (Phi) is 5.98. The largest absolute Gasteiger partial charge is 0.497 e. The summed E-state index contributed by atoms with van der Waals surface area (Å²) in [7, 11) is 1.61. The van der Waals surface area contributed by atoms with Crippen LogP contribution in [0.2, 0.25) is 0 Å². The Morgan fingerprint density at radius 1 is 0.969 bits per heavy atom. The molecule has 2 aromatic heterocycles. The van der Waals surface area contributed by atoms with Crippen molar-refractivity contribution in [3.63, 3.8) is 0 Å². The van der Waals surface area contributed by atoms with E-state index in [1.54, 1.807) is 25.7 Å². The second-order valence-corrected chi connectivity index (χ2v) is 7.09. The number of amides is 2. The molecule has 0 aliphatic rings. The van der Waals surface area contributed by atoms with E-state index in [-0.39, 0.29) is 6.03 Å². The van der Waals surface area contributed by atoms with E-state index in [2.05, 4.69) is 30.9 Å². The fraction of sp³-hybridized carbons (Fsp3) is 0.130. The van der Waals surface area contributed by atoms with E-state index < -0.39 is 0 Å². The Morgan fingerprint density at radius 3 is 2.44 bits per heavy atom. The van der Waals surface area contributed by atoms with Crippen molar-refractivity contribution in [1.29, 1.82) is 0 Å². The highest BCUT2D eigenvalue weighted by atomic mass is 16.5. The molecule has 0 aliphatic carbocycles. The third-order valence-corrected chi connectivity index (χ3v) is 4.69. The van der Waals surface area contributed by atoms with E-state index in [4.69, 9.17) is 4.74 Å². The monoisotopic (exact) mass is 429 g/mol. The number of aromatic nitrogens is 4. The first-order valence-corrected chi connectivity index (χ1v) is 9.94. The van der Waals surface area contributed by atoms with Crippen molar-refractivity contribution in [3.8, 4) is 11.6 Å². The summed E-state index contributed by atoms with van der Waals surface area (Å²) in [6.45, 7) is 3.74. The Hall–Kier alpha value is -4.40. The van der Waals surface area contributed by atoms with Gasteiger partial charge in [0, 0.05) is 35.5 Å². The molecule has 2 amide bonds. The molecule has 0 saturated heterocycles. The summed E-state index contributed by atoms with van der Waals surface area (Å²) in [6.07, 6.45) is 5.21. The summed E-state index contributed by atoms with van der Waals surface area (Å²) in [6, 6.07) is 14.3. The number of imidazole rings is 1. The number of nitrogens with zero attached hydrogens (tertiary/aromatic N) is 4. The Labute approximate surface area is 185 Å². The van der Waals surface area contributed by atoms with Crippen molar-refractivity contribution in [2.45, 2.75) is 13.8 Å². The van der Waals surface area contributed by atoms with Crippen molar-refractivity contribution in [2.24, 2.45) is 0 Å². The maximum atomic E-state index is 12.4. The molecule has 0 spiro atoms. The van der Waals surface area contributed by atoms with Crippen molar-refractivity contribution >= 4 is 28.9 Å². The number of anilines is 4. The number of aryl methyl sites for hydroxylation is 2. The van der Waals surface area contributed by atoms with Crippen molar-refractivity contribution in [3.05, 3.63) is 78.6 Å². The summed E-state index contributed by atoms with van der Waals surface area (Å²) >= 11 is 0. The van der Waals surface area contributed by atoms with Crippen LogP contribution in [0.15, 0.2) is 67.3 Å². The quantitative estimate of drug-likeness (QED) is 0.411. The van der Waals surface area contributed by atoms with Gasteiger partial charge in [0.2, 0.25) is 0 Å². The van der Waals surface area contributed by atoms with Gasteiger partial charge >= 0.3 is 6.03 Å². The van der Waals surface area contributed by atoms with Gasteiger partial charge in [-0.3, -0.25) is 4.57 Å². The van der Waals surface area contributed by atoms with Crippen molar-refractivity contribution in [1.82, 2.24) is 19.5 Å². The van der Waals surface area contributed by atoms with Gasteiger partial charge in [-0.15, -0.1) is 0 Å². The maximum Gasteiger partial charge on any atom is 0.323 e. The Bertz CT molecular complexity index is 1220. The molecule has 0 unspecified atom stereocenters. The molecule has 9 nitrogen and oxygen atoms in total. The van der Waals surface area contributed by atoms with E-state index in [9.17, 15) is 4.79 Å². The predicted octanol–water partition coefficient (Wildman–Crippen LogP) is 4.68. The number of rotatable bonds is 6. The lowest BCUT2D eigenvalue weighted by molar-refractivity contribution is 0.262. The van der Waals surface area contributed by atoms with E-state index >= 15 is 0 Å². The first kappa shape index (κ1) is 20.9. The van der Waals surface area contributed by atoms with Gasteiger partial charge in [0.05, 0.1) is 7.11 Å². The summed E-state index contributed by atoms with van der Waals surface area (Å²) in [5, 5.41) is 8.93. The molecule has 0 aliphatic heterocycles. The molecule has 4 rings (SSSR count). The zero-order valence-corrected chi connectivity index (χ0v) is 18.0. The lowest BCUT2D eigenvalue weighted by atomic mass is 10.2. The first-order chi connectivity index (χ1) is 15.5. The molecule has 9 heteroatoms. The highest BCUT2D eigenvalue weighted by molar-refractivity contribution is 6.00. The SMILES string of the molecule is COc1ccc(NC(=O)Nc2ccc(Nc3cc(-n4ccnc4)nc(C)n3)cc2)c(C)c1. The van der Waals surface area contributed by atoms with Gasteiger partial charge in [0.15, 0.2) is 0 Å². The summed E-state index contributed by atoms with van der Waals surface area (Å²) < 4.78 is 7.01. The van der Waals surface area contributed by atoms with Crippen LogP contribution in [0.25, 0.3) is 5.82 Å². The number of carbonyl (C=O) groups excluding carboxylic acids is 1. The molecule has 0 radical (unpaired) electrons. The topological polar surface area (TPSA) is 106 Å². The van der Waals surface area contributed by atoms with Gasteiger partial charge in [0.25, 0.3) is 0 Å². The summed E-state index contributed by atoms with van der Waals surface area (Å²) in [4.78, 5) is 25.3. The van der Waals surface area contributed by atoms with Gasteiger partial charge in [-0.05, 0) is 61.9 Å². The van der Waals surface area contributed by atoms with E-state index in [0.717, 1.165) is 28.5 Å². The molecule has 0 saturated carbocycles. The molecular formula is C23H23N7O2. The highest BCUT2D eigenvalue weighted by Crippen LogP contribution is 2.22. The number of carbonyl (C=O) groups is 1. The minimum atomic E-state index is -0.324. The predicted molar refractivity (Wildman–Crippen MR) is 124 cm³/mol. The molecule has 3 N–H and O–H groups in total. The van der Waals surface area contributed by atoms with Crippen LogP contribution < -0.4 is 20.7 Å². The smallest absolute Gasteiger partial charge is 0.323 e. The Morgan fingerprint density at radius 2 is 1.75 bits per heavy atom. The van der Waals surface area contributed by atoms with Gasteiger partial charge in [-0.2, -0.15) is 0 Å². The van der Waals surface area contributed by atoms with Crippen molar-refractivity contribution < 1.29 is 9.53 Å². The minimum absolute atomic E-state index is 0.324. The van der Waals surface area contributed by atoms with Gasteiger partial charge < -0.3 is 20.7 Å². The zero-order chi connectivity index (χ0) is 22.5. The molecule has 162 valence electrons. The fourth-order valence-electron chi connectivity index (χ4n) is 3.12. The second-order valence-electron chi connectivity index (χ2n) is 7.09. The first-order valence-electron chi connectivity index (χ1n) is 9.94. The molecule has 0 atom stereocenters. The number of methoxy groups -OCH3 is 1. The molecule has 2 heterocycles. The zero-order valence-electron chi connectivity index (χ0n) is 18.0. The van der Waals surface area contributed by atoms with Crippen LogP contribution in [-0.4, -0.2) is 32.7 Å². The fourth-order valence-corrected chi connectivity index (χ4v) is 3.12.